The van der Waals surface area contributed by atoms with E-state index in [1.54, 1.807) is 0 Å². The van der Waals surface area contributed by atoms with Crippen LogP contribution in [0, 0.1) is 11.8 Å². The van der Waals surface area contributed by atoms with Crippen LogP contribution in [-0.2, 0) is 9.53 Å². The fourth-order valence-electron chi connectivity index (χ4n) is 2.78. The fourth-order valence-corrected chi connectivity index (χ4v) is 2.78. The monoisotopic (exact) mass is 227 g/mol. The maximum absolute atomic E-state index is 11.9. The average Bonchev–Trinajstić information content (AvgIpc) is 2.25. The van der Waals surface area contributed by atoms with Crippen LogP contribution < -0.4 is 0 Å². The van der Waals surface area contributed by atoms with Gasteiger partial charge >= 0.3 is 5.97 Å². The minimum absolute atomic E-state index is 0.101. The number of ether oxygens (including phenoxy) is 1. The molecule has 0 spiro atoms. The van der Waals surface area contributed by atoms with Crippen molar-refractivity contribution in [2.24, 2.45) is 11.8 Å². The zero-order valence-corrected chi connectivity index (χ0v) is 11.2. The van der Waals surface area contributed by atoms with Gasteiger partial charge in [0.1, 0.15) is 5.54 Å². The molecule has 0 saturated carbocycles. The van der Waals surface area contributed by atoms with Gasteiger partial charge in [-0.1, -0.05) is 20.8 Å². The predicted molar refractivity (Wildman–Crippen MR) is 65.2 cm³/mol. The van der Waals surface area contributed by atoms with Crippen LogP contribution in [0.2, 0.25) is 0 Å². The summed E-state index contributed by atoms with van der Waals surface area (Å²) in [5.41, 5.74) is -0.447. The first-order valence-electron chi connectivity index (χ1n) is 6.27. The number of likely N-dealkylation sites (tertiary alicyclic amines) is 1. The summed E-state index contributed by atoms with van der Waals surface area (Å²) in [6.07, 6.45) is 2.07. The van der Waals surface area contributed by atoms with Crippen molar-refractivity contribution in [3.05, 3.63) is 0 Å². The summed E-state index contributed by atoms with van der Waals surface area (Å²) in [6.45, 7) is 10.6. The third-order valence-corrected chi connectivity index (χ3v) is 3.88. The van der Waals surface area contributed by atoms with Gasteiger partial charge < -0.3 is 4.74 Å². The molecule has 0 bridgehead atoms. The third-order valence-electron chi connectivity index (χ3n) is 3.88. The maximum atomic E-state index is 11.9. The Morgan fingerprint density at radius 1 is 1.38 bits per heavy atom. The SMILES string of the molecule is CC[C@](C)(C(=O)OC)N1C[C@@H](C)C[C@H](C)C1. The molecule has 3 nitrogen and oxygen atoms in total. The molecule has 0 radical (unpaired) electrons. The Labute approximate surface area is 99.1 Å². The van der Waals surface area contributed by atoms with Crippen LogP contribution in [0.15, 0.2) is 0 Å². The molecule has 0 aliphatic carbocycles. The Bertz CT molecular complexity index is 244. The van der Waals surface area contributed by atoms with E-state index in [1.165, 1.54) is 13.5 Å². The number of methoxy groups -OCH3 is 1. The van der Waals surface area contributed by atoms with Crippen LogP contribution in [0.3, 0.4) is 0 Å². The molecular weight excluding hydrogens is 202 g/mol. The van der Waals surface area contributed by atoms with E-state index < -0.39 is 5.54 Å². The van der Waals surface area contributed by atoms with Crippen molar-refractivity contribution < 1.29 is 9.53 Å². The lowest BCUT2D eigenvalue weighted by Gasteiger charge is -2.44. The molecule has 16 heavy (non-hydrogen) atoms. The second-order valence-corrected chi connectivity index (χ2v) is 5.47. The quantitative estimate of drug-likeness (QED) is 0.693. The van der Waals surface area contributed by atoms with Crippen molar-refractivity contribution >= 4 is 5.97 Å². The second kappa shape index (κ2) is 5.17. The highest BCUT2D eigenvalue weighted by atomic mass is 16.5. The van der Waals surface area contributed by atoms with Crippen LogP contribution in [0.5, 0.6) is 0 Å². The van der Waals surface area contributed by atoms with Gasteiger partial charge in [0.25, 0.3) is 0 Å². The Morgan fingerprint density at radius 3 is 2.25 bits per heavy atom. The van der Waals surface area contributed by atoms with Crippen LogP contribution in [0.25, 0.3) is 0 Å². The molecule has 94 valence electrons. The first kappa shape index (κ1) is 13.5. The fraction of sp³-hybridized carbons (Fsp3) is 0.923. The van der Waals surface area contributed by atoms with Gasteiger partial charge in [0.2, 0.25) is 0 Å². The minimum atomic E-state index is -0.447. The topological polar surface area (TPSA) is 29.5 Å². The van der Waals surface area contributed by atoms with Crippen molar-refractivity contribution in [1.82, 2.24) is 4.90 Å². The van der Waals surface area contributed by atoms with Crippen molar-refractivity contribution in [3.8, 4) is 0 Å². The summed E-state index contributed by atoms with van der Waals surface area (Å²) in [7, 11) is 1.48. The van der Waals surface area contributed by atoms with E-state index in [2.05, 4.69) is 25.7 Å². The minimum Gasteiger partial charge on any atom is -0.468 e. The maximum Gasteiger partial charge on any atom is 0.325 e. The van der Waals surface area contributed by atoms with Gasteiger partial charge in [-0.2, -0.15) is 0 Å². The van der Waals surface area contributed by atoms with Crippen LogP contribution in [0.4, 0.5) is 0 Å². The molecule has 0 amide bonds. The van der Waals surface area contributed by atoms with Gasteiger partial charge in [0.15, 0.2) is 0 Å². The van der Waals surface area contributed by atoms with Gasteiger partial charge in [0.05, 0.1) is 7.11 Å². The highest BCUT2D eigenvalue weighted by Crippen LogP contribution is 2.29. The largest absolute Gasteiger partial charge is 0.468 e. The summed E-state index contributed by atoms with van der Waals surface area (Å²) < 4.78 is 4.95. The van der Waals surface area contributed by atoms with E-state index in [9.17, 15) is 4.79 Å². The summed E-state index contributed by atoms with van der Waals surface area (Å²) in [5.74, 6) is 1.23. The van der Waals surface area contributed by atoms with Gasteiger partial charge in [-0.3, -0.25) is 9.69 Å². The van der Waals surface area contributed by atoms with Crippen molar-refractivity contribution in [1.29, 1.82) is 0 Å². The highest BCUT2D eigenvalue weighted by molar-refractivity contribution is 5.80. The second-order valence-electron chi connectivity index (χ2n) is 5.47. The van der Waals surface area contributed by atoms with Crippen LogP contribution >= 0.6 is 0 Å². The predicted octanol–water partition coefficient (Wildman–Crippen LogP) is 2.31. The summed E-state index contributed by atoms with van der Waals surface area (Å²) >= 11 is 0. The van der Waals surface area contributed by atoms with E-state index in [1.807, 2.05) is 6.92 Å². The first-order valence-corrected chi connectivity index (χ1v) is 6.27. The number of hydrogen-bond donors (Lipinski definition) is 0. The lowest BCUT2D eigenvalue weighted by molar-refractivity contribution is -0.156. The molecule has 0 aromatic rings. The number of rotatable bonds is 3. The molecule has 1 heterocycles. The summed E-state index contributed by atoms with van der Waals surface area (Å²) in [4.78, 5) is 14.2. The lowest BCUT2D eigenvalue weighted by Crippen LogP contribution is -2.57. The molecule has 1 rings (SSSR count). The van der Waals surface area contributed by atoms with Crippen molar-refractivity contribution in [2.45, 2.75) is 46.1 Å². The van der Waals surface area contributed by atoms with Gasteiger partial charge in [-0.05, 0) is 31.6 Å². The number of piperidine rings is 1. The number of esters is 1. The summed E-state index contributed by atoms with van der Waals surface area (Å²) in [6, 6.07) is 0. The molecule has 0 N–H and O–H groups in total. The van der Waals surface area contributed by atoms with E-state index >= 15 is 0 Å². The number of carbonyl (C=O) groups is 1. The molecule has 1 aliphatic rings. The molecule has 0 unspecified atom stereocenters. The van der Waals surface area contributed by atoms with E-state index in [0.29, 0.717) is 11.8 Å². The average molecular weight is 227 g/mol. The molecule has 1 saturated heterocycles. The third kappa shape index (κ3) is 2.57. The molecule has 1 fully saturated rings. The van der Waals surface area contributed by atoms with Gasteiger partial charge in [-0.15, -0.1) is 0 Å². The Morgan fingerprint density at radius 2 is 1.88 bits per heavy atom. The van der Waals surface area contributed by atoms with E-state index in [4.69, 9.17) is 4.74 Å². The number of hydrogen-bond acceptors (Lipinski definition) is 3. The summed E-state index contributed by atoms with van der Waals surface area (Å²) in [5, 5.41) is 0. The van der Waals surface area contributed by atoms with Crippen molar-refractivity contribution in [3.63, 3.8) is 0 Å². The van der Waals surface area contributed by atoms with Crippen LogP contribution in [0.1, 0.15) is 40.5 Å². The molecular formula is C13H25NO2. The zero-order valence-electron chi connectivity index (χ0n) is 11.2. The highest BCUT2D eigenvalue weighted by Gasteiger charge is 2.41. The molecule has 3 atom stereocenters. The van der Waals surface area contributed by atoms with E-state index in [-0.39, 0.29) is 5.97 Å². The Hall–Kier alpha value is -0.570. The first-order chi connectivity index (χ1) is 7.43. The Kier molecular flexibility index (Phi) is 4.36. The number of nitrogens with zero attached hydrogens (tertiary/aromatic N) is 1. The zero-order chi connectivity index (χ0) is 12.3. The molecule has 3 heteroatoms. The molecule has 0 aromatic carbocycles. The Balaban J connectivity index is 2.83. The van der Waals surface area contributed by atoms with Crippen LogP contribution in [-0.4, -0.2) is 36.6 Å². The van der Waals surface area contributed by atoms with Crippen molar-refractivity contribution in [2.75, 3.05) is 20.2 Å². The molecule has 1 aliphatic heterocycles. The van der Waals surface area contributed by atoms with Gasteiger partial charge in [0, 0.05) is 13.1 Å². The number of carbonyl (C=O) groups excluding carboxylic acids is 1. The standard InChI is InChI=1S/C13H25NO2/c1-6-13(4,12(15)16-5)14-8-10(2)7-11(3)9-14/h10-11H,6-9H2,1-5H3/t10-,11-,13+/m0/s1. The molecule has 0 aromatic heterocycles. The smallest absolute Gasteiger partial charge is 0.325 e. The normalized spacial score (nSPS) is 30.8. The van der Waals surface area contributed by atoms with E-state index in [0.717, 1.165) is 19.5 Å². The van der Waals surface area contributed by atoms with Gasteiger partial charge in [-0.25, -0.2) is 0 Å². The lowest BCUT2D eigenvalue weighted by atomic mass is 9.86.